The summed E-state index contributed by atoms with van der Waals surface area (Å²) in [6.45, 7) is 1.91. The van der Waals surface area contributed by atoms with Crippen LogP contribution in [0, 0.1) is 6.92 Å². The molecule has 1 saturated heterocycles. The zero-order chi connectivity index (χ0) is 19.3. The highest BCUT2D eigenvalue weighted by Crippen LogP contribution is 2.64. The number of hydrogen-bond donors (Lipinski definition) is 1. The quantitative estimate of drug-likeness (QED) is 0.506. The number of aryl methyl sites for hydroxylation is 1. The number of ether oxygens (including phenoxy) is 1. The van der Waals surface area contributed by atoms with Crippen LogP contribution in [-0.2, 0) is 15.7 Å². The molecule has 0 spiro atoms. The fourth-order valence-corrected chi connectivity index (χ4v) is 9.20. The van der Waals surface area contributed by atoms with Crippen LogP contribution in [0.15, 0.2) is 35.7 Å². The van der Waals surface area contributed by atoms with Crippen molar-refractivity contribution < 1.29 is 31.3 Å². The maximum absolute atomic E-state index is 13.0. The highest BCUT2D eigenvalue weighted by Gasteiger charge is 2.41. The lowest BCUT2D eigenvalue weighted by Gasteiger charge is -2.30. The number of hydrogen-bond acceptors (Lipinski definition) is 4. The number of nitrogens with one attached hydrogen (secondary N) is 1. The van der Waals surface area contributed by atoms with Crippen LogP contribution in [0.2, 0.25) is 0 Å². The molecule has 152 valence electrons. The van der Waals surface area contributed by atoms with Crippen LogP contribution >= 0.6 is 18.6 Å². The molecule has 1 aromatic heterocycles. The van der Waals surface area contributed by atoms with Crippen LogP contribution in [0.5, 0.6) is 0 Å². The van der Waals surface area contributed by atoms with E-state index in [4.69, 9.17) is 4.74 Å². The molecule has 1 N–H and O–H groups in total. The summed E-state index contributed by atoms with van der Waals surface area (Å²) in [5, 5.41) is 4.92. The highest BCUT2D eigenvalue weighted by molar-refractivity contribution is 7.76. The van der Waals surface area contributed by atoms with E-state index in [1.54, 1.807) is 0 Å². The van der Waals surface area contributed by atoms with E-state index in [1.807, 2.05) is 18.4 Å². The number of carbonyl (C=O) groups excluding carboxylic acids is 2. The van der Waals surface area contributed by atoms with E-state index in [-0.39, 0.29) is 22.9 Å². The molecule has 1 aliphatic rings. The number of amides is 1. The van der Waals surface area contributed by atoms with Gasteiger partial charge in [-0.3, -0.25) is 4.79 Å². The van der Waals surface area contributed by atoms with Crippen LogP contribution in [-0.4, -0.2) is 37.5 Å². The van der Waals surface area contributed by atoms with Crippen molar-refractivity contribution in [2.75, 3.05) is 30.9 Å². The minimum Gasteiger partial charge on any atom is -1.00 e. The molecule has 0 unspecified atom stereocenters. The first-order chi connectivity index (χ1) is 13.0. The lowest BCUT2D eigenvalue weighted by atomic mass is 10.2. The zero-order valence-electron chi connectivity index (χ0n) is 16.4. The Morgan fingerprint density at radius 2 is 1.82 bits per heavy atom. The molecular formula is C21H27BrNO3PS. The SMILES string of the molecule is COC(=O)c1scc(C)c1NC(=O)C[P+]1(Cc2ccccc2)CCCCC1.[Br-]. The van der Waals surface area contributed by atoms with Gasteiger partial charge in [-0.1, -0.05) is 30.3 Å². The molecule has 1 aliphatic heterocycles. The smallest absolute Gasteiger partial charge is 0.350 e. The van der Waals surface area contributed by atoms with Crippen molar-refractivity contribution in [3.8, 4) is 0 Å². The van der Waals surface area contributed by atoms with E-state index in [1.165, 1.54) is 55.6 Å². The van der Waals surface area contributed by atoms with Crippen LogP contribution in [0.3, 0.4) is 0 Å². The fourth-order valence-electron chi connectivity index (χ4n) is 3.85. The maximum Gasteiger partial charge on any atom is 0.350 e. The zero-order valence-corrected chi connectivity index (χ0v) is 19.7. The standard InChI is InChI=1S/C21H26NO3PS.BrH/c1-16-15-27-20(21(24)25-2)19(16)22-18(23)14-26(11-7-4-8-12-26)13-17-9-5-3-6-10-17;/h3,5-6,9-10,15H,4,7-8,11-14H2,1-2H3;1H. The number of methoxy groups -OCH3 is 1. The lowest BCUT2D eigenvalue weighted by molar-refractivity contribution is -0.113. The van der Waals surface area contributed by atoms with Gasteiger partial charge in [0.1, 0.15) is 11.0 Å². The molecule has 1 aromatic carbocycles. The number of benzene rings is 1. The third-order valence-electron chi connectivity index (χ3n) is 5.21. The molecule has 1 amide bonds. The van der Waals surface area contributed by atoms with Crippen molar-refractivity contribution in [2.24, 2.45) is 0 Å². The number of anilines is 1. The van der Waals surface area contributed by atoms with Crippen LogP contribution in [0.4, 0.5) is 5.69 Å². The van der Waals surface area contributed by atoms with E-state index in [9.17, 15) is 9.59 Å². The van der Waals surface area contributed by atoms with Gasteiger partial charge in [0.25, 0.3) is 5.91 Å². The minimum atomic E-state index is -1.37. The highest BCUT2D eigenvalue weighted by atomic mass is 79.9. The average molecular weight is 484 g/mol. The third-order valence-corrected chi connectivity index (χ3v) is 10.8. The lowest BCUT2D eigenvalue weighted by Crippen LogP contribution is -3.00. The minimum absolute atomic E-state index is 0. The molecule has 3 rings (SSSR count). The van der Waals surface area contributed by atoms with Crippen LogP contribution in [0.25, 0.3) is 0 Å². The predicted molar refractivity (Wildman–Crippen MR) is 115 cm³/mol. The summed E-state index contributed by atoms with van der Waals surface area (Å²) in [7, 11) is -0.00582. The molecule has 0 aliphatic carbocycles. The van der Waals surface area contributed by atoms with Gasteiger partial charge in [-0.2, -0.15) is 0 Å². The van der Waals surface area contributed by atoms with Crippen molar-refractivity contribution in [3.05, 3.63) is 51.7 Å². The van der Waals surface area contributed by atoms with Gasteiger partial charge in [-0.05, 0) is 42.7 Å². The van der Waals surface area contributed by atoms with Gasteiger partial charge in [-0.15, -0.1) is 11.3 Å². The van der Waals surface area contributed by atoms with Crippen molar-refractivity contribution >= 4 is 36.2 Å². The van der Waals surface area contributed by atoms with Gasteiger partial charge in [-0.25, -0.2) is 4.79 Å². The van der Waals surface area contributed by atoms with Crippen LogP contribution < -0.4 is 22.3 Å². The summed E-state index contributed by atoms with van der Waals surface area (Å²) in [6.07, 6.45) is 7.71. The Kier molecular flexibility index (Phi) is 8.66. The van der Waals surface area contributed by atoms with Crippen molar-refractivity contribution in [3.63, 3.8) is 0 Å². The largest absolute Gasteiger partial charge is 1.00 e. The van der Waals surface area contributed by atoms with Gasteiger partial charge in [0.05, 0.1) is 31.3 Å². The molecular weight excluding hydrogens is 457 g/mol. The predicted octanol–water partition coefficient (Wildman–Crippen LogP) is 2.19. The Labute approximate surface area is 182 Å². The Bertz CT molecular complexity index is 803. The normalized spacial score (nSPS) is 15.4. The Balaban J connectivity index is 0.00000280. The summed E-state index contributed by atoms with van der Waals surface area (Å²) in [6, 6.07) is 10.5. The number of carbonyl (C=O) groups is 2. The molecule has 0 saturated carbocycles. The molecule has 7 heteroatoms. The number of rotatable bonds is 6. The molecule has 0 bridgehead atoms. The average Bonchev–Trinajstić information content (AvgIpc) is 3.03. The second-order valence-electron chi connectivity index (χ2n) is 7.31. The van der Waals surface area contributed by atoms with Gasteiger partial charge in [0.2, 0.25) is 0 Å². The van der Waals surface area contributed by atoms with Crippen molar-refractivity contribution in [1.82, 2.24) is 0 Å². The summed E-state index contributed by atoms with van der Waals surface area (Å²) in [4.78, 5) is 25.4. The number of halogens is 1. The molecule has 2 heterocycles. The molecule has 1 fully saturated rings. The molecule has 0 atom stereocenters. The number of thiophene rings is 1. The Morgan fingerprint density at radius 1 is 1.14 bits per heavy atom. The topological polar surface area (TPSA) is 55.4 Å². The molecule has 28 heavy (non-hydrogen) atoms. The number of esters is 1. The first-order valence-corrected chi connectivity index (χ1v) is 12.8. The maximum atomic E-state index is 13.0. The summed E-state index contributed by atoms with van der Waals surface area (Å²) < 4.78 is 4.85. The second kappa shape index (κ2) is 10.5. The van der Waals surface area contributed by atoms with Gasteiger partial charge >= 0.3 is 5.97 Å². The van der Waals surface area contributed by atoms with Crippen molar-refractivity contribution in [1.29, 1.82) is 0 Å². The van der Waals surface area contributed by atoms with Crippen LogP contribution in [0.1, 0.15) is 40.1 Å². The molecule has 0 radical (unpaired) electrons. The van der Waals surface area contributed by atoms with Gasteiger partial charge < -0.3 is 27.0 Å². The second-order valence-corrected chi connectivity index (χ2v) is 12.4. The summed E-state index contributed by atoms with van der Waals surface area (Å²) in [5.74, 6) is -0.359. The summed E-state index contributed by atoms with van der Waals surface area (Å²) >= 11 is 1.32. The van der Waals surface area contributed by atoms with E-state index in [0.717, 1.165) is 11.7 Å². The third kappa shape index (κ3) is 5.65. The molecule has 4 nitrogen and oxygen atoms in total. The first kappa shape index (κ1) is 23.1. The van der Waals surface area contributed by atoms with E-state index in [2.05, 4.69) is 29.6 Å². The van der Waals surface area contributed by atoms with Crippen molar-refractivity contribution in [2.45, 2.75) is 32.3 Å². The van der Waals surface area contributed by atoms with E-state index in [0.29, 0.717) is 16.7 Å². The Hall–Kier alpha value is -1.23. The first-order valence-electron chi connectivity index (χ1n) is 9.38. The van der Waals surface area contributed by atoms with Gasteiger partial charge in [0, 0.05) is 7.26 Å². The van der Waals surface area contributed by atoms with Gasteiger partial charge in [0.15, 0.2) is 0 Å². The fraction of sp³-hybridized carbons (Fsp3) is 0.429. The summed E-state index contributed by atoms with van der Waals surface area (Å²) in [5.41, 5.74) is 2.86. The Morgan fingerprint density at radius 3 is 2.46 bits per heavy atom. The monoisotopic (exact) mass is 483 g/mol. The van der Waals surface area contributed by atoms with E-state index < -0.39 is 13.2 Å². The molecule has 2 aromatic rings. The van der Waals surface area contributed by atoms with E-state index >= 15 is 0 Å².